The van der Waals surface area contributed by atoms with Gasteiger partial charge in [-0.15, -0.1) is 5.10 Å². The van der Waals surface area contributed by atoms with Crippen LogP contribution in [0, 0.1) is 13.8 Å². The van der Waals surface area contributed by atoms with Crippen LogP contribution in [0.1, 0.15) is 40.7 Å². The molecule has 0 bridgehead atoms. The minimum Gasteiger partial charge on any atom is -0.285 e. The highest BCUT2D eigenvalue weighted by atomic mass is 16.1. The van der Waals surface area contributed by atoms with Crippen molar-refractivity contribution in [3.05, 3.63) is 41.0 Å². The van der Waals surface area contributed by atoms with Gasteiger partial charge in [0.2, 0.25) is 5.78 Å². The third kappa shape index (κ3) is 2.30. The van der Waals surface area contributed by atoms with Gasteiger partial charge in [0.15, 0.2) is 0 Å². The van der Waals surface area contributed by atoms with Gasteiger partial charge in [-0.25, -0.2) is 4.68 Å². The molecule has 0 fully saturated rings. The standard InChI is InChI=1S/C13H16N4O/c1-4-5-17-11(8-15-16-17)13(18)12-10(3)6-9(2)7-14-12/h6-8H,4-5H2,1-3H3. The first-order chi connectivity index (χ1) is 8.63. The number of aromatic nitrogens is 4. The smallest absolute Gasteiger partial charge is 0.231 e. The zero-order valence-corrected chi connectivity index (χ0v) is 10.8. The van der Waals surface area contributed by atoms with E-state index in [1.165, 1.54) is 6.20 Å². The average molecular weight is 244 g/mol. The zero-order chi connectivity index (χ0) is 13.1. The van der Waals surface area contributed by atoms with Gasteiger partial charge >= 0.3 is 0 Å². The van der Waals surface area contributed by atoms with Gasteiger partial charge < -0.3 is 0 Å². The summed E-state index contributed by atoms with van der Waals surface area (Å²) in [7, 11) is 0. The van der Waals surface area contributed by atoms with Crippen LogP contribution in [0.15, 0.2) is 18.5 Å². The van der Waals surface area contributed by atoms with Gasteiger partial charge in [0.1, 0.15) is 11.4 Å². The molecule has 0 amide bonds. The maximum Gasteiger partial charge on any atom is 0.231 e. The molecule has 2 aromatic heterocycles. The number of carbonyl (C=O) groups excluding carboxylic acids is 1. The minimum absolute atomic E-state index is 0.119. The van der Waals surface area contributed by atoms with Crippen molar-refractivity contribution in [3.63, 3.8) is 0 Å². The van der Waals surface area contributed by atoms with Crippen molar-refractivity contribution >= 4 is 5.78 Å². The first-order valence-corrected chi connectivity index (χ1v) is 6.00. The second-order valence-electron chi connectivity index (χ2n) is 4.35. The molecular weight excluding hydrogens is 228 g/mol. The van der Waals surface area contributed by atoms with Crippen molar-refractivity contribution in [2.24, 2.45) is 0 Å². The number of pyridine rings is 1. The summed E-state index contributed by atoms with van der Waals surface area (Å²) in [6.45, 7) is 6.57. The molecule has 0 atom stereocenters. The van der Waals surface area contributed by atoms with Crippen LogP contribution in [0.5, 0.6) is 0 Å². The fourth-order valence-electron chi connectivity index (χ4n) is 1.88. The third-order valence-electron chi connectivity index (χ3n) is 2.72. The number of nitrogens with zero attached hydrogens (tertiary/aromatic N) is 4. The second-order valence-corrected chi connectivity index (χ2v) is 4.35. The molecule has 2 aromatic rings. The summed E-state index contributed by atoms with van der Waals surface area (Å²) in [6, 6.07) is 1.95. The van der Waals surface area contributed by atoms with Crippen LogP contribution in [0.3, 0.4) is 0 Å². The van der Waals surface area contributed by atoms with Crippen molar-refractivity contribution in [3.8, 4) is 0 Å². The Morgan fingerprint density at radius 1 is 1.33 bits per heavy atom. The van der Waals surface area contributed by atoms with Crippen molar-refractivity contribution in [2.75, 3.05) is 0 Å². The molecule has 0 saturated carbocycles. The molecule has 2 rings (SSSR count). The number of hydrogen-bond donors (Lipinski definition) is 0. The predicted octanol–water partition coefficient (Wildman–Crippen LogP) is 1.93. The van der Waals surface area contributed by atoms with Gasteiger partial charge in [0, 0.05) is 12.7 Å². The van der Waals surface area contributed by atoms with Crippen LogP contribution in [0.2, 0.25) is 0 Å². The molecule has 5 heteroatoms. The maximum atomic E-state index is 12.4. The lowest BCUT2D eigenvalue weighted by atomic mass is 10.1. The number of hydrogen-bond acceptors (Lipinski definition) is 4. The minimum atomic E-state index is -0.119. The van der Waals surface area contributed by atoms with Gasteiger partial charge in [-0.2, -0.15) is 0 Å². The first kappa shape index (κ1) is 12.4. The van der Waals surface area contributed by atoms with E-state index in [-0.39, 0.29) is 5.78 Å². The van der Waals surface area contributed by atoms with Crippen molar-refractivity contribution in [1.82, 2.24) is 20.0 Å². The molecule has 18 heavy (non-hydrogen) atoms. The number of rotatable bonds is 4. The van der Waals surface area contributed by atoms with Gasteiger partial charge in [0.25, 0.3) is 0 Å². The molecule has 0 spiro atoms. The van der Waals surface area contributed by atoms with Crippen LogP contribution in [-0.4, -0.2) is 25.8 Å². The Bertz CT molecular complexity index is 574. The molecule has 0 unspecified atom stereocenters. The van der Waals surface area contributed by atoms with E-state index in [1.807, 2.05) is 26.8 Å². The number of carbonyl (C=O) groups is 1. The molecule has 2 heterocycles. The summed E-state index contributed by atoms with van der Waals surface area (Å²) in [5.41, 5.74) is 2.89. The molecule has 94 valence electrons. The van der Waals surface area contributed by atoms with Gasteiger partial charge in [-0.05, 0) is 31.4 Å². The van der Waals surface area contributed by atoms with E-state index in [0.29, 0.717) is 17.9 Å². The molecule has 0 saturated heterocycles. The quantitative estimate of drug-likeness (QED) is 0.771. The van der Waals surface area contributed by atoms with Gasteiger partial charge in [-0.1, -0.05) is 18.2 Å². The SMILES string of the molecule is CCCn1nncc1C(=O)c1ncc(C)cc1C. The topological polar surface area (TPSA) is 60.7 Å². The van der Waals surface area contributed by atoms with Gasteiger partial charge in [-0.3, -0.25) is 9.78 Å². The van der Waals surface area contributed by atoms with E-state index in [0.717, 1.165) is 17.5 Å². The summed E-state index contributed by atoms with van der Waals surface area (Å²) in [6.07, 6.45) is 4.11. The van der Waals surface area contributed by atoms with Crippen molar-refractivity contribution < 1.29 is 4.79 Å². The van der Waals surface area contributed by atoms with Crippen molar-refractivity contribution in [2.45, 2.75) is 33.7 Å². The lowest BCUT2D eigenvalue weighted by Crippen LogP contribution is -2.14. The predicted molar refractivity (Wildman–Crippen MR) is 67.5 cm³/mol. The first-order valence-electron chi connectivity index (χ1n) is 6.00. The van der Waals surface area contributed by atoms with Crippen LogP contribution in [0.4, 0.5) is 0 Å². The van der Waals surface area contributed by atoms with Crippen LogP contribution in [0.25, 0.3) is 0 Å². The monoisotopic (exact) mass is 244 g/mol. The molecule has 0 N–H and O–H groups in total. The molecule has 0 aliphatic carbocycles. The van der Waals surface area contributed by atoms with Gasteiger partial charge in [0.05, 0.1) is 6.20 Å². The Hall–Kier alpha value is -2.04. The Labute approximate surface area is 106 Å². The van der Waals surface area contributed by atoms with Crippen LogP contribution >= 0.6 is 0 Å². The largest absolute Gasteiger partial charge is 0.285 e. The lowest BCUT2D eigenvalue weighted by molar-refractivity contribution is 0.102. The molecule has 0 aromatic carbocycles. The summed E-state index contributed by atoms with van der Waals surface area (Å²) < 4.78 is 1.63. The fourth-order valence-corrected chi connectivity index (χ4v) is 1.88. The Kier molecular flexibility index (Phi) is 3.50. The van der Waals surface area contributed by atoms with E-state index in [1.54, 1.807) is 10.9 Å². The van der Waals surface area contributed by atoms with E-state index in [9.17, 15) is 4.79 Å². The molecular formula is C13H16N4O. The highest BCUT2D eigenvalue weighted by molar-refractivity contribution is 6.07. The second kappa shape index (κ2) is 5.08. The molecule has 0 aliphatic heterocycles. The lowest BCUT2D eigenvalue weighted by Gasteiger charge is -2.06. The average Bonchev–Trinajstić information content (AvgIpc) is 2.77. The Morgan fingerprint density at radius 2 is 2.11 bits per heavy atom. The zero-order valence-electron chi connectivity index (χ0n) is 10.8. The number of ketones is 1. The Morgan fingerprint density at radius 3 is 2.78 bits per heavy atom. The summed E-state index contributed by atoms with van der Waals surface area (Å²) in [4.78, 5) is 16.6. The summed E-state index contributed by atoms with van der Waals surface area (Å²) in [5, 5.41) is 7.72. The van der Waals surface area contributed by atoms with Crippen LogP contribution in [-0.2, 0) is 6.54 Å². The number of aryl methyl sites for hydroxylation is 3. The van der Waals surface area contributed by atoms with E-state index >= 15 is 0 Å². The summed E-state index contributed by atoms with van der Waals surface area (Å²) >= 11 is 0. The Balaban J connectivity index is 2.38. The summed E-state index contributed by atoms with van der Waals surface area (Å²) in [5.74, 6) is -0.119. The van der Waals surface area contributed by atoms with E-state index in [2.05, 4.69) is 15.3 Å². The van der Waals surface area contributed by atoms with Crippen molar-refractivity contribution in [1.29, 1.82) is 0 Å². The molecule has 5 nitrogen and oxygen atoms in total. The fraction of sp³-hybridized carbons (Fsp3) is 0.385. The highest BCUT2D eigenvalue weighted by Gasteiger charge is 2.18. The van der Waals surface area contributed by atoms with E-state index in [4.69, 9.17) is 0 Å². The normalized spacial score (nSPS) is 10.6. The van der Waals surface area contributed by atoms with E-state index < -0.39 is 0 Å². The highest BCUT2D eigenvalue weighted by Crippen LogP contribution is 2.12. The maximum absolute atomic E-state index is 12.4. The van der Waals surface area contributed by atoms with Crippen LogP contribution < -0.4 is 0 Å². The molecule has 0 radical (unpaired) electrons. The third-order valence-corrected chi connectivity index (χ3v) is 2.72. The molecule has 0 aliphatic rings.